The van der Waals surface area contributed by atoms with Crippen molar-refractivity contribution in [3.63, 3.8) is 0 Å². The van der Waals surface area contributed by atoms with E-state index in [4.69, 9.17) is 4.74 Å². The highest BCUT2D eigenvalue weighted by molar-refractivity contribution is 5.86. The first-order valence-electron chi connectivity index (χ1n) is 4.66. The fourth-order valence-electron chi connectivity index (χ4n) is 0.930. The third-order valence-electron chi connectivity index (χ3n) is 1.88. The molecule has 13 heavy (non-hydrogen) atoms. The van der Waals surface area contributed by atoms with Crippen LogP contribution in [0.1, 0.15) is 22.2 Å². The Hall–Kier alpha value is -0.830. The lowest BCUT2D eigenvalue weighted by Crippen LogP contribution is -2.27. The normalized spacial score (nSPS) is 10.2. The van der Waals surface area contributed by atoms with Crippen molar-refractivity contribution in [2.75, 3.05) is 26.2 Å². The quantitative estimate of drug-likeness (QED) is 0.465. The van der Waals surface area contributed by atoms with Crippen LogP contribution in [-0.4, -0.2) is 37.1 Å². The van der Waals surface area contributed by atoms with Crippen LogP contribution >= 0.6 is 0 Å². The lowest BCUT2D eigenvalue weighted by molar-refractivity contribution is -0.139. The monoisotopic (exact) mass is 186 g/mol. The molecule has 0 N–H and O–H groups in total. The number of rotatable bonds is 6. The molecule has 0 unspecified atom stereocenters. The van der Waals surface area contributed by atoms with Crippen LogP contribution in [0, 0.1) is 0 Å². The van der Waals surface area contributed by atoms with Crippen LogP contribution in [0.5, 0.6) is 0 Å². The van der Waals surface area contributed by atoms with Crippen LogP contribution in [0.15, 0.2) is 12.2 Å². The summed E-state index contributed by atoms with van der Waals surface area (Å²) in [5.41, 5.74) is 0.458. The van der Waals surface area contributed by atoms with Gasteiger partial charge in [0.05, 0.1) is 0 Å². The zero-order valence-corrected chi connectivity index (χ0v) is 8.80. The maximum absolute atomic E-state index is 11.0. The molecule has 3 nitrogen and oxygen atoms in total. The lowest BCUT2D eigenvalue weighted by atomic mass is 10.4. The second kappa shape index (κ2) is 6.66. The van der Waals surface area contributed by atoms with Gasteiger partial charge in [-0.25, -0.2) is 4.79 Å². The molecule has 0 aliphatic heterocycles. The van der Waals surface area contributed by atoms with Crippen molar-refractivity contribution in [2.24, 2.45) is 0 Å². The van der Waals surface area contributed by atoms with E-state index in [9.17, 15) is 4.79 Å². The third kappa shape index (κ3) is 5.42. The standard InChI is InChI=1S/C10H19NO2/c1-5-11(6-2)7-8-13-10(12)9(3)4/h3,5-8H2,1-2,4H3/p+1. The molecule has 0 rings (SSSR count). The van der Waals surface area contributed by atoms with Gasteiger partial charge in [-0.3, -0.25) is 0 Å². The number of esters is 1. The molecule has 0 aromatic rings. The SMILES string of the molecule is C=C(C)C(=O)OCCN(CC)CC.[H+]. The summed E-state index contributed by atoms with van der Waals surface area (Å²) in [4.78, 5) is 13.2. The fourth-order valence-corrected chi connectivity index (χ4v) is 0.930. The van der Waals surface area contributed by atoms with Gasteiger partial charge in [-0.1, -0.05) is 20.4 Å². The molecule has 0 atom stereocenters. The highest BCUT2D eigenvalue weighted by atomic mass is 16.5. The topological polar surface area (TPSA) is 29.5 Å². The van der Waals surface area contributed by atoms with E-state index in [0.29, 0.717) is 12.2 Å². The first-order chi connectivity index (χ1) is 6.11. The van der Waals surface area contributed by atoms with Crippen molar-refractivity contribution < 1.29 is 11.0 Å². The van der Waals surface area contributed by atoms with Crippen molar-refractivity contribution in [3.05, 3.63) is 12.2 Å². The zero-order chi connectivity index (χ0) is 10.3. The van der Waals surface area contributed by atoms with Crippen molar-refractivity contribution in [2.45, 2.75) is 20.8 Å². The number of carbonyl (C=O) groups is 1. The van der Waals surface area contributed by atoms with Gasteiger partial charge in [0.25, 0.3) is 0 Å². The summed E-state index contributed by atoms with van der Waals surface area (Å²) in [5.74, 6) is -0.299. The van der Waals surface area contributed by atoms with Crippen LogP contribution in [-0.2, 0) is 9.53 Å². The average molecular weight is 186 g/mol. The molecule has 0 aliphatic carbocycles. The molecule has 0 bridgehead atoms. The Bertz CT molecular complexity index is 179. The number of hydrogen-bond donors (Lipinski definition) is 0. The van der Waals surface area contributed by atoms with E-state index in [-0.39, 0.29) is 7.40 Å². The number of carbonyl (C=O) groups excluding carboxylic acids is 1. The van der Waals surface area contributed by atoms with Gasteiger partial charge in [0.2, 0.25) is 0 Å². The Morgan fingerprint density at radius 2 is 2.00 bits per heavy atom. The van der Waals surface area contributed by atoms with Crippen LogP contribution < -0.4 is 0 Å². The molecule has 0 aromatic carbocycles. The molecule has 0 heterocycles. The highest BCUT2D eigenvalue weighted by Gasteiger charge is 2.04. The van der Waals surface area contributed by atoms with E-state index in [2.05, 4.69) is 25.3 Å². The first-order valence-corrected chi connectivity index (χ1v) is 4.66. The van der Waals surface area contributed by atoms with E-state index in [1.54, 1.807) is 6.92 Å². The van der Waals surface area contributed by atoms with Gasteiger partial charge in [-0.2, -0.15) is 0 Å². The van der Waals surface area contributed by atoms with Crippen LogP contribution in [0.2, 0.25) is 0 Å². The molecule has 0 aliphatic rings. The fraction of sp³-hybridized carbons (Fsp3) is 0.700. The molecule has 0 saturated carbocycles. The molecule has 0 amide bonds. The molecule has 0 spiro atoms. The minimum absolute atomic E-state index is 0. The summed E-state index contributed by atoms with van der Waals surface area (Å²) in [7, 11) is 0. The molecular weight excluding hydrogens is 166 g/mol. The predicted octanol–water partition coefficient (Wildman–Crippen LogP) is 1.56. The second-order valence-corrected chi connectivity index (χ2v) is 2.94. The molecule has 3 heteroatoms. The highest BCUT2D eigenvalue weighted by Crippen LogP contribution is 1.93. The van der Waals surface area contributed by atoms with E-state index in [0.717, 1.165) is 19.6 Å². The summed E-state index contributed by atoms with van der Waals surface area (Å²) in [6, 6.07) is 0. The largest absolute Gasteiger partial charge is 1.00 e. The van der Waals surface area contributed by atoms with Gasteiger partial charge < -0.3 is 9.64 Å². The summed E-state index contributed by atoms with van der Waals surface area (Å²) in [6.07, 6.45) is 0. The lowest BCUT2D eigenvalue weighted by Gasteiger charge is -2.17. The molecule has 0 saturated heterocycles. The van der Waals surface area contributed by atoms with Crippen LogP contribution in [0.25, 0.3) is 0 Å². The Balaban J connectivity index is 0. The maximum Gasteiger partial charge on any atom is 1.00 e. The molecular formula is C10H20NO2+. The number of hydrogen-bond acceptors (Lipinski definition) is 3. The van der Waals surface area contributed by atoms with E-state index >= 15 is 0 Å². The van der Waals surface area contributed by atoms with Crippen molar-refractivity contribution in [1.82, 2.24) is 4.90 Å². The third-order valence-corrected chi connectivity index (χ3v) is 1.88. The Morgan fingerprint density at radius 3 is 2.38 bits per heavy atom. The van der Waals surface area contributed by atoms with Crippen molar-refractivity contribution in [1.29, 1.82) is 0 Å². The molecule has 0 aromatic heterocycles. The Labute approximate surface area is 81.9 Å². The minimum atomic E-state index is -0.299. The minimum Gasteiger partial charge on any atom is -0.461 e. The molecule has 76 valence electrons. The van der Waals surface area contributed by atoms with Gasteiger partial charge in [-0.05, 0) is 20.0 Å². The van der Waals surface area contributed by atoms with Gasteiger partial charge >= 0.3 is 7.40 Å². The van der Waals surface area contributed by atoms with Crippen molar-refractivity contribution in [3.8, 4) is 0 Å². The van der Waals surface area contributed by atoms with Gasteiger partial charge in [-0.15, -0.1) is 0 Å². The summed E-state index contributed by atoms with van der Waals surface area (Å²) >= 11 is 0. The van der Waals surface area contributed by atoms with Gasteiger partial charge in [0.1, 0.15) is 6.61 Å². The Morgan fingerprint density at radius 1 is 1.46 bits per heavy atom. The summed E-state index contributed by atoms with van der Waals surface area (Å²) < 4.78 is 4.96. The zero-order valence-electron chi connectivity index (χ0n) is 9.80. The number of likely N-dealkylation sites (N-methyl/N-ethyl adjacent to an activating group) is 1. The number of ether oxygens (including phenoxy) is 1. The number of nitrogens with zero attached hydrogens (tertiary/aromatic N) is 1. The average Bonchev–Trinajstić information content (AvgIpc) is 2.12. The van der Waals surface area contributed by atoms with Crippen molar-refractivity contribution >= 4 is 5.97 Å². The van der Waals surface area contributed by atoms with Gasteiger partial charge in [0, 0.05) is 12.1 Å². The van der Waals surface area contributed by atoms with E-state index in [1.807, 2.05) is 0 Å². The predicted molar refractivity (Wildman–Crippen MR) is 54.7 cm³/mol. The van der Waals surface area contributed by atoms with Gasteiger partial charge in [0.15, 0.2) is 0 Å². The van der Waals surface area contributed by atoms with Crippen LogP contribution in [0.4, 0.5) is 0 Å². The molecule has 0 fully saturated rings. The van der Waals surface area contributed by atoms with E-state index in [1.165, 1.54) is 0 Å². The van der Waals surface area contributed by atoms with E-state index < -0.39 is 0 Å². The van der Waals surface area contributed by atoms with Crippen LogP contribution in [0.3, 0.4) is 0 Å². The summed E-state index contributed by atoms with van der Waals surface area (Å²) in [6.45, 7) is 12.6. The second-order valence-electron chi connectivity index (χ2n) is 2.94. The molecule has 0 radical (unpaired) electrons. The summed E-state index contributed by atoms with van der Waals surface area (Å²) in [5, 5.41) is 0. The first kappa shape index (κ1) is 12.2. The maximum atomic E-state index is 11.0. The Kier molecular flexibility index (Phi) is 6.24. The smallest absolute Gasteiger partial charge is 0.461 e.